The minimum Gasteiger partial charge on any atom is -0.493 e. The van der Waals surface area contributed by atoms with Crippen LogP contribution >= 0.6 is 0 Å². The van der Waals surface area contributed by atoms with Gasteiger partial charge in [0.15, 0.2) is 0 Å². The Morgan fingerprint density at radius 2 is 1.68 bits per heavy atom. The smallest absolute Gasteiger partial charge is 0.416 e. The number of aliphatic hydroxyl groups excluding tert-OH is 1. The molecule has 0 bridgehead atoms. The zero-order valence-electron chi connectivity index (χ0n) is 20.3. The van der Waals surface area contributed by atoms with Gasteiger partial charge in [0.1, 0.15) is 5.75 Å². The monoisotopic (exact) mass is 533 g/mol. The van der Waals surface area contributed by atoms with Crippen LogP contribution in [0.5, 0.6) is 5.75 Å². The van der Waals surface area contributed by atoms with Gasteiger partial charge < -0.3 is 14.9 Å². The summed E-state index contributed by atoms with van der Waals surface area (Å²) < 4.78 is 85.9. The van der Waals surface area contributed by atoms with Crippen LogP contribution in [0.25, 0.3) is 0 Å². The second kappa shape index (κ2) is 11.3. The minimum absolute atomic E-state index is 0.0681. The number of carboxylic acids is 1. The van der Waals surface area contributed by atoms with Crippen molar-refractivity contribution >= 4 is 5.97 Å². The molecule has 2 N–H and O–H groups in total. The first-order chi connectivity index (χ1) is 17.2. The maximum absolute atomic E-state index is 13.5. The number of halogens is 6. The van der Waals surface area contributed by atoms with Crippen LogP contribution in [-0.2, 0) is 17.1 Å². The van der Waals surface area contributed by atoms with Crippen LogP contribution in [0, 0.1) is 11.8 Å². The van der Waals surface area contributed by atoms with Gasteiger partial charge in [-0.3, -0.25) is 9.69 Å². The van der Waals surface area contributed by atoms with E-state index in [0.29, 0.717) is 62.1 Å². The van der Waals surface area contributed by atoms with E-state index in [1.165, 1.54) is 13.8 Å². The molecular weight excluding hydrogens is 504 g/mol. The summed E-state index contributed by atoms with van der Waals surface area (Å²) in [7, 11) is 0. The Balaban J connectivity index is 1.63. The molecule has 0 spiro atoms. The van der Waals surface area contributed by atoms with Crippen molar-refractivity contribution in [3.8, 4) is 5.75 Å². The molecule has 1 aliphatic rings. The van der Waals surface area contributed by atoms with Crippen LogP contribution in [0.2, 0.25) is 0 Å². The molecule has 11 heteroatoms. The molecule has 1 heterocycles. The standard InChI is InChI=1S/C26H29F6NO4/c1-15(24(35)36)23(34)18-4-3-5-20(12-18)37-14-17-8-10-33(11-9-17)16(2)21-13-19(25(27,28)29)6-7-22(21)26(30,31)32/h3-7,12-13,15-17,23,34H,8-11,14H2,1-2H3,(H,35,36)/t15-,16?,23+/m0/s1. The molecule has 3 rings (SSSR count). The summed E-state index contributed by atoms with van der Waals surface area (Å²) in [5.74, 6) is -1.62. The Kier molecular flexibility index (Phi) is 8.79. The number of nitrogens with zero attached hydrogens (tertiary/aromatic N) is 1. The largest absolute Gasteiger partial charge is 0.493 e. The van der Waals surface area contributed by atoms with Gasteiger partial charge in [0.2, 0.25) is 0 Å². The molecule has 1 aliphatic heterocycles. The van der Waals surface area contributed by atoms with E-state index < -0.39 is 53.1 Å². The first kappa shape index (κ1) is 28.8. The second-order valence-corrected chi connectivity index (χ2v) is 9.41. The van der Waals surface area contributed by atoms with Gasteiger partial charge in [-0.15, -0.1) is 0 Å². The quantitative estimate of drug-likeness (QED) is 0.388. The molecule has 0 amide bonds. The predicted octanol–water partition coefficient (Wildman–Crippen LogP) is 6.33. The summed E-state index contributed by atoms with van der Waals surface area (Å²) in [6.07, 6.45) is -9.58. The van der Waals surface area contributed by atoms with Gasteiger partial charge in [-0.1, -0.05) is 12.1 Å². The molecule has 37 heavy (non-hydrogen) atoms. The molecule has 0 aromatic heterocycles. The molecule has 0 saturated carbocycles. The first-order valence-corrected chi connectivity index (χ1v) is 11.8. The van der Waals surface area contributed by atoms with E-state index in [-0.39, 0.29) is 5.92 Å². The molecule has 0 radical (unpaired) electrons. The number of aliphatic carboxylic acids is 1. The van der Waals surface area contributed by atoms with Crippen molar-refractivity contribution in [1.82, 2.24) is 4.90 Å². The zero-order valence-corrected chi connectivity index (χ0v) is 20.3. The maximum atomic E-state index is 13.5. The van der Waals surface area contributed by atoms with E-state index in [1.807, 2.05) is 0 Å². The highest BCUT2D eigenvalue weighted by atomic mass is 19.4. The maximum Gasteiger partial charge on any atom is 0.416 e. The van der Waals surface area contributed by atoms with Gasteiger partial charge in [-0.05, 0) is 87.2 Å². The van der Waals surface area contributed by atoms with E-state index >= 15 is 0 Å². The van der Waals surface area contributed by atoms with Crippen LogP contribution in [0.3, 0.4) is 0 Å². The molecule has 1 unspecified atom stereocenters. The van der Waals surface area contributed by atoms with Crippen LogP contribution in [0.15, 0.2) is 42.5 Å². The van der Waals surface area contributed by atoms with Crippen LogP contribution < -0.4 is 4.74 Å². The van der Waals surface area contributed by atoms with Gasteiger partial charge in [0.05, 0.1) is 29.8 Å². The van der Waals surface area contributed by atoms with Gasteiger partial charge in [-0.2, -0.15) is 26.3 Å². The predicted molar refractivity (Wildman–Crippen MR) is 123 cm³/mol. The zero-order chi connectivity index (χ0) is 27.5. The Hall–Kier alpha value is -2.79. The van der Waals surface area contributed by atoms with Crippen molar-refractivity contribution in [3.05, 3.63) is 64.7 Å². The Morgan fingerprint density at radius 3 is 2.24 bits per heavy atom. The number of alkyl halides is 6. The second-order valence-electron chi connectivity index (χ2n) is 9.41. The molecule has 1 fully saturated rings. The topological polar surface area (TPSA) is 70.0 Å². The highest BCUT2D eigenvalue weighted by Gasteiger charge is 2.39. The van der Waals surface area contributed by atoms with E-state index in [2.05, 4.69) is 0 Å². The number of benzene rings is 2. The fraction of sp³-hybridized carbons (Fsp3) is 0.500. The first-order valence-electron chi connectivity index (χ1n) is 11.8. The fourth-order valence-electron chi connectivity index (χ4n) is 4.47. The van der Waals surface area contributed by atoms with E-state index in [0.717, 1.165) is 0 Å². The van der Waals surface area contributed by atoms with Crippen molar-refractivity contribution < 1.29 is 46.1 Å². The van der Waals surface area contributed by atoms with Gasteiger partial charge in [0.25, 0.3) is 0 Å². The molecule has 204 valence electrons. The summed E-state index contributed by atoms with van der Waals surface area (Å²) in [4.78, 5) is 12.9. The lowest BCUT2D eigenvalue weighted by atomic mass is 9.92. The number of piperidine rings is 1. The Bertz CT molecular complexity index is 1080. The Morgan fingerprint density at radius 1 is 1.03 bits per heavy atom. The van der Waals surface area contributed by atoms with Crippen LogP contribution in [0.1, 0.15) is 61.1 Å². The van der Waals surface area contributed by atoms with Crippen molar-refractivity contribution in [2.45, 2.75) is 51.2 Å². The number of carboxylic acid groups (broad SMARTS) is 1. The molecule has 1 saturated heterocycles. The van der Waals surface area contributed by atoms with Crippen molar-refractivity contribution in [2.75, 3.05) is 19.7 Å². The molecule has 0 aliphatic carbocycles. The summed E-state index contributed by atoms with van der Waals surface area (Å²) >= 11 is 0. The fourth-order valence-corrected chi connectivity index (χ4v) is 4.47. The molecule has 3 atom stereocenters. The van der Waals surface area contributed by atoms with Crippen molar-refractivity contribution in [2.24, 2.45) is 11.8 Å². The third-order valence-electron chi connectivity index (χ3n) is 6.88. The number of ether oxygens (including phenoxy) is 1. The summed E-state index contributed by atoms with van der Waals surface area (Å²) in [5.41, 5.74) is -2.19. The third-order valence-corrected chi connectivity index (χ3v) is 6.88. The number of hydrogen-bond donors (Lipinski definition) is 2. The lowest BCUT2D eigenvalue weighted by molar-refractivity contribution is -0.145. The molecule has 2 aromatic carbocycles. The normalized spacial score (nSPS) is 18.3. The van der Waals surface area contributed by atoms with Gasteiger partial charge in [-0.25, -0.2) is 0 Å². The highest BCUT2D eigenvalue weighted by molar-refractivity contribution is 5.70. The number of hydrogen-bond acceptors (Lipinski definition) is 4. The lowest BCUT2D eigenvalue weighted by Crippen LogP contribution is -2.38. The third kappa shape index (κ3) is 7.16. The number of likely N-dealkylation sites (tertiary alicyclic amines) is 1. The molecular formula is C26H29F6NO4. The average molecular weight is 534 g/mol. The highest BCUT2D eigenvalue weighted by Crippen LogP contribution is 2.40. The van der Waals surface area contributed by atoms with Crippen LogP contribution in [-0.4, -0.2) is 40.8 Å². The lowest BCUT2D eigenvalue weighted by Gasteiger charge is -2.37. The van der Waals surface area contributed by atoms with Gasteiger partial charge in [0, 0.05) is 6.04 Å². The average Bonchev–Trinajstić information content (AvgIpc) is 2.85. The molecule has 5 nitrogen and oxygen atoms in total. The molecule has 2 aromatic rings. The van der Waals surface area contributed by atoms with Crippen LogP contribution in [0.4, 0.5) is 26.3 Å². The number of carbonyl (C=O) groups is 1. The van der Waals surface area contributed by atoms with E-state index in [4.69, 9.17) is 9.84 Å². The van der Waals surface area contributed by atoms with E-state index in [1.54, 1.807) is 29.2 Å². The van der Waals surface area contributed by atoms with Crippen molar-refractivity contribution in [1.29, 1.82) is 0 Å². The SMILES string of the molecule is CC(c1cc(C(F)(F)F)ccc1C(F)(F)F)N1CCC(COc2cccc([C@H](O)[C@H](C)C(=O)O)c2)CC1. The minimum atomic E-state index is -4.77. The number of aliphatic hydroxyl groups is 1. The van der Waals surface area contributed by atoms with Crippen molar-refractivity contribution in [3.63, 3.8) is 0 Å². The number of rotatable bonds is 8. The Labute approximate surface area is 210 Å². The van der Waals surface area contributed by atoms with Gasteiger partial charge >= 0.3 is 18.3 Å². The van der Waals surface area contributed by atoms with E-state index in [9.17, 15) is 36.2 Å². The summed E-state index contributed by atoms with van der Waals surface area (Å²) in [6, 6.07) is 7.15. The summed E-state index contributed by atoms with van der Waals surface area (Å²) in [6.45, 7) is 3.95. The summed E-state index contributed by atoms with van der Waals surface area (Å²) in [5, 5.41) is 19.3.